The van der Waals surface area contributed by atoms with Gasteiger partial charge >= 0.3 is 0 Å². The van der Waals surface area contributed by atoms with E-state index in [1.54, 1.807) is 0 Å². The van der Waals surface area contributed by atoms with Crippen molar-refractivity contribution in [3.8, 4) is 5.88 Å². The van der Waals surface area contributed by atoms with Crippen LogP contribution in [0.3, 0.4) is 0 Å². The average Bonchev–Trinajstić information content (AvgIpc) is 2.88. The van der Waals surface area contributed by atoms with Gasteiger partial charge in [-0.1, -0.05) is 18.2 Å². The fourth-order valence-corrected chi connectivity index (χ4v) is 2.29. The highest BCUT2D eigenvalue weighted by molar-refractivity contribution is 7.80. The van der Waals surface area contributed by atoms with Crippen molar-refractivity contribution in [3.05, 3.63) is 58.6 Å². The van der Waals surface area contributed by atoms with Crippen LogP contribution < -0.4 is 5.32 Å². The summed E-state index contributed by atoms with van der Waals surface area (Å²) in [5.74, 6) is -0.239. The third-order valence-corrected chi connectivity index (χ3v) is 3.40. The zero-order valence-electron chi connectivity index (χ0n) is 12.1. The lowest BCUT2D eigenvalue weighted by Crippen LogP contribution is -2.04. The molecule has 0 bridgehead atoms. The smallest absolute Gasteiger partial charge is 0.270 e. The number of para-hydroxylation sites is 1. The van der Waals surface area contributed by atoms with Gasteiger partial charge in [0.1, 0.15) is 0 Å². The summed E-state index contributed by atoms with van der Waals surface area (Å²) >= 11 is 5.07. The number of rotatable bonds is 3. The number of hydrogen-bond acceptors (Lipinski definition) is 5. The molecule has 24 heavy (non-hydrogen) atoms. The molecule has 3 aromatic rings. The van der Waals surface area contributed by atoms with Gasteiger partial charge in [0.15, 0.2) is 5.69 Å². The van der Waals surface area contributed by atoms with E-state index in [1.807, 2.05) is 30.3 Å². The molecular formula is C15H11N5O3S. The third kappa shape index (κ3) is 3.20. The molecule has 0 saturated heterocycles. The molecule has 3 N–H and O–H groups in total. The van der Waals surface area contributed by atoms with Crippen molar-refractivity contribution < 1.29 is 10.0 Å². The number of thiocarbonyl (C=S) groups is 1. The third-order valence-electron chi connectivity index (χ3n) is 3.21. The molecule has 1 heterocycles. The van der Waals surface area contributed by atoms with Crippen LogP contribution in [0.1, 0.15) is 0 Å². The maximum atomic E-state index is 10.9. The maximum absolute atomic E-state index is 10.9. The first-order valence-electron chi connectivity index (χ1n) is 6.81. The molecule has 0 aliphatic carbocycles. The van der Waals surface area contributed by atoms with Gasteiger partial charge in [-0.3, -0.25) is 10.1 Å². The van der Waals surface area contributed by atoms with Gasteiger partial charge in [-0.15, -0.1) is 10.2 Å². The van der Waals surface area contributed by atoms with Crippen molar-refractivity contribution in [2.75, 3.05) is 5.32 Å². The van der Waals surface area contributed by atoms with Gasteiger partial charge in [0.25, 0.3) is 5.69 Å². The van der Waals surface area contributed by atoms with Gasteiger partial charge < -0.3 is 15.4 Å². The molecule has 8 nitrogen and oxygen atoms in total. The second-order valence-electron chi connectivity index (χ2n) is 4.81. The van der Waals surface area contributed by atoms with Crippen molar-refractivity contribution in [2.24, 2.45) is 10.2 Å². The number of fused-ring (bicyclic) bond motifs is 1. The van der Waals surface area contributed by atoms with Gasteiger partial charge in [0.2, 0.25) is 11.0 Å². The Bertz CT molecular complexity index is 952. The first-order valence-corrected chi connectivity index (χ1v) is 7.22. The van der Waals surface area contributed by atoms with Crippen LogP contribution in [0.25, 0.3) is 10.9 Å². The highest BCUT2D eigenvalue weighted by atomic mass is 32.1. The summed E-state index contributed by atoms with van der Waals surface area (Å²) in [6, 6.07) is 13.3. The lowest BCUT2D eigenvalue weighted by Gasteiger charge is -2.01. The van der Waals surface area contributed by atoms with Crippen molar-refractivity contribution in [1.29, 1.82) is 0 Å². The van der Waals surface area contributed by atoms with Crippen molar-refractivity contribution in [2.45, 2.75) is 0 Å². The van der Waals surface area contributed by atoms with Crippen LogP contribution >= 0.6 is 12.2 Å². The number of H-pyrrole nitrogens is 1. The van der Waals surface area contributed by atoms with E-state index in [-0.39, 0.29) is 22.4 Å². The summed E-state index contributed by atoms with van der Waals surface area (Å²) < 4.78 is 0. The zero-order valence-corrected chi connectivity index (χ0v) is 12.9. The minimum absolute atomic E-state index is 0.0888. The molecule has 0 spiro atoms. The molecule has 2 aromatic carbocycles. The predicted octanol–water partition coefficient (Wildman–Crippen LogP) is 4.26. The Morgan fingerprint density at radius 2 is 2.00 bits per heavy atom. The minimum atomic E-state index is -0.522. The molecule has 0 unspecified atom stereocenters. The number of nitro benzene ring substituents is 1. The van der Waals surface area contributed by atoms with Crippen LogP contribution in [0, 0.1) is 10.1 Å². The number of aromatic amines is 1. The molecule has 0 aliphatic rings. The summed E-state index contributed by atoms with van der Waals surface area (Å²) in [5, 5.41) is 31.9. The normalized spacial score (nSPS) is 11.0. The number of azo groups is 1. The van der Waals surface area contributed by atoms with Crippen LogP contribution in [-0.2, 0) is 0 Å². The molecule has 0 fully saturated rings. The molecule has 1 aromatic heterocycles. The Morgan fingerprint density at radius 1 is 1.25 bits per heavy atom. The molecule has 0 radical (unpaired) electrons. The highest BCUT2D eigenvalue weighted by Gasteiger charge is 2.15. The Balaban J connectivity index is 1.88. The van der Waals surface area contributed by atoms with Gasteiger partial charge in [-0.05, 0) is 30.4 Å². The van der Waals surface area contributed by atoms with Crippen LogP contribution in [0.2, 0.25) is 0 Å². The largest absolute Gasteiger partial charge is 0.493 e. The Morgan fingerprint density at radius 3 is 2.71 bits per heavy atom. The Kier molecular flexibility index (Phi) is 4.17. The zero-order chi connectivity index (χ0) is 17.1. The van der Waals surface area contributed by atoms with E-state index in [9.17, 15) is 15.2 Å². The number of non-ortho nitro benzene ring substituents is 1. The second-order valence-corrected chi connectivity index (χ2v) is 5.19. The van der Waals surface area contributed by atoms with Crippen LogP contribution in [0.15, 0.2) is 58.8 Å². The topological polar surface area (TPSA) is 116 Å². The standard InChI is InChI=1S/C15H11N5O3S/c21-14-13(11-8-10(20(22)23)6-7-12(11)17-14)18-19-15(24)16-9-4-2-1-3-5-9/h1-8,17,21H,(H,16,24). The first-order chi connectivity index (χ1) is 11.5. The fourth-order valence-electron chi connectivity index (χ4n) is 2.13. The van der Waals surface area contributed by atoms with Gasteiger partial charge in [0.05, 0.1) is 10.4 Å². The Hall–Kier alpha value is -3.33. The number of hydrogen-bond donors (Lipinski definition) is 3. The van der Waals surface area contributed by atoms with E-state index in [1.165, 1.54) is 18.2 Å². The molecule has 0 saturated carbocycles. The summed E-state index contributed by atoms with van der Waals surface area (Å²) in [4.78, 5) is 13.0. The van der Waals surface area contributed by atoms with E-state index in [0.29, 0.717) is 10.9 Å². The van der Waals surface area contributed by atoms with E-state index >= 15 is 0 Å². The fraction of sp³-hybridized carbons (Fsp3) is 0. The van der Waals surface area contributed by atoms with E-state index in [4.69, 9.17) is 12.2 Å². The molecule has 120 valence electrons. The molecule has 0 atom stereocenters. The van der Waals surface area contributed by atoms with E-state index in [2.05, 4.69) is 20.5 Å². The van der Waals surface area contributed by atoms with E-state index in [0.717, 1.165) is 5.69 Å². The number of nitro groups is 1. The lowest BCUT2D eigenvalue weighted by atomic mass is 10.2. The molecule has 0 aliphatic heterocycles. The number of aromatic nitrogens is 1. The quantitative estimate of drug-likeness (QED) is 0.285. The molecule has 3 rings (SSSR count). The SMILES string of the molecule is O=[N+]([O-])c1ccc2[nH]c(O)c(N=NC(=S)Nc3ccccc3)c2c1. The van der Waals surface area contributed by atoms with Gasteiger partial charge in [0, 0.05) is 23.2 Å². The molecular weight excluding hydrogens is 330 g/mol. The van der Waals surface area contributed by atoms with Crippen LogP contribution in [0.5, 0.6) is 5.88 Å². The summed E-state index contributed by atoms with van der Waals surface area (Å²) in [7, 11) is 0. The van der Waals surface area contributed by atoms with Crippen LogP contribution in [-0.4, -0.2) is 20.1 Å². The number of anilines is 1. The van der Waals surface area contributed by atoms with Crippen LogP contribution in [0.4, 0.5) is 17.1 Å². The first kappa shape index (κ1) is 15.6. The predicted molar refractivity (Wildman–Crippen MR) is 93.8 cm³/mol. The lowest BCUT2D eigenvalue weighted by molar-refractivity contribution is -0.384. The number of benzene rings is 2. The summed E-state index contributed by atoms with van der Waals surface area (Å²) in [6.45, 7) is 0. The number of nitrogens with one attached hydrogen (secondary N) is 2. The highest BCUT2D eigenvalue weighted by Crippen LogP contribution is 2.37. The van der Waals surface area contributed by atoms with Crippen molar-refractivity contribution >= 4 is 45.3 Å². The van der Waals surface area contributed by atoms with Crippen molar-refractivity contribution in [3.63, 3.8) is 0 Å². The molecule has 9 heteroatoms. The average molecular weight is 341 g/mol. The Labute approximate surface area is 141 Å². The van der Waals surface area contributed by atoms with E-state index < -0.39 is 4.92 Å². The summed E-state index contributed by atoms with van der Waals surface area (Å²) in [5.41, 5.74) is 1.24. The maximum Gasteiger partial charge on any atom is 0.270 e. The number of aromatic hydroxyl groups is 1. The summed E-state index contributed by atoms with van der Waals surface area (Å²) in [6.07, 6.45) is 0. The second kappa shape index (κ2) is 6.42. The van der Waals surface area contributed by atoms with Gasteiger partial charge in [-0.2, -0.15) is 0 Å². The minimum Gasteiger partial charge on any atom is -0.493 e. The van der Waals surface area contributed by atoms with Crippen molar-refractivity contribution in [1.82, 2.24) is 4.98 Å². The van der Waals surface area contributed by atoms with Gasteiger partial charge in [-0.25, -0.2) is 0 Å². The monoisotopic (exact) mass is 341 g/mol. The number of nitrogens with zero attached hydrogens (tertiary/aromatic N) is 3. The molecule has 0 amide bonds.